The number of hydrogen-bond acceptors (Lipinski definition) is 3. The van der Waals surface area contributed by atoms with E-state index in [4.69, 9.17) is 14.5 Å². The summed E-state index contributed by atoms with van der Waals surface area (Å²) in [5, 5.41) is 0. The van der Waals surface area contributed by atoms with Gasteiger partial charge in [-0.05, 0) is 36.4 Å². The molecule has 1 aromatic heterocycles. The number of hydrogen-bond donors (Lipinski definition) is 0. The molecule has 0 aliphatic carbocycles. The zero-order valence-corrected chi connectivity index (χ0v) is 15.1. The Kier molecular flexibility index (Phi) is 4.50. The van der Waals surface area contributed by atoms with E-state index in [9.17, 15) is 4.39 Å². The molecule has 0 fully saturated rings. The quantitative estimate of drug-likeness (QED) is 0.506. The van der Waals surface area contributed by atoms with Crippen LogP contribution in [0.25, 0.3) is 22.4 Å². The Labute approximate surface area is 156 Å². The minimum atomic E-state index is -0.228. The van der Waals surface area contributed by atoms with Gasteiger partial charge in [-0.15, -0.1) is 0 Å². The molecule has 0 unspecified atom stereocenters. The van der Waals surface area contributed by atoms with Crippen LogP contribution in [0.5, 0.6) is 11.5 Å². The van der Waals surface area contributed by atoms with Crippen molar-refractivity contribution in [3.05, 3.63) is 78.1 Å². The largest absolute Gasteiger partial charge is 0.493 e. The van der Waals surface area contributed by atoms with Gasteiger partial charge >= 0.3 is 0 Å². The maximum atomic E-state index is 14.3. The lowest BCUT2D eigenvalue weighted by Gasteiger charge is -2.12. The summed E-state index contributed by atoms with van der Waals surface area (Å²) in [7, 11) is 3.20. The summed E-state index contributed by atoms with van der Waals surface area (Å²) < 4.78 is 27.0. The van der Waals surface area contributed by atoms with Crippen molar-refractivity contribution in [3.8, 4) is 22.9 Å². The molecule has 4 rings (SSSR count). The van der Waals surface area contributed by atoms with Crippen molar-refractivity contribution < 1.29 is 13.9 Å². The number of methoxy groups -OCH3 is 2. The Balaban J connectivity index is 1.89. The molecule has 1 heterocycles. The maximum Gasteiger partial charge on any atom is 0.161 e. The Morgan fingerprint density at radius 1 is 0.889 bits per heavy atom. The molecule has 0 amide bonds. The Morgan fingerprint density at radius 3 is 2.41 bits per heavy atom. The fourth-order valence-electron chi connectivity index (χ4n) is 3.23. The van der Waals surface area contributed by atoms with Crippen LogP contribution < -0.4 is 9.47 Å². The Bertz CT molecular complexity index is 1100. The highest BCUT2D eigenvalue weighted by atomic mass is 19.1. The fraction of sp³-hybridized carbons (Fsp3) is 0.136. The lowest BCUT2D eigenvalue weighted by atomic mass is 10.1. The van der Waals surface area contributed by atoms with Crippen molar-refractivity contribution in [2.75, 3.05) is 14.2 Å². The zero-order valence-electron chi connectivity index (χ0n) is 15.1. The first-order valence-electron chi connectivity index (χ1n) is 8.62. The van der Waals surface area contributed by atoms with Crippen molar-refractivity contribution in [2.45, 2.75) is 6.54 Å². The number of ether oxygens (including phenoxy) is 2. The van der Waals surface area contributed by atoms with Crippen LogP contribution in [0.2, 0.25) is 0 Å². The second-order valence-corrected chi connectivity index (χ2v) is 6.17. The molecule has 0 aliphatic rings. The van der Waals surface area contributed by atoms with Gasteiger partial charge in [0.15, 0.2) is 11.5 Å². The minimum Gasteiger partial charge on any atom is -0.493 e. The third-order valence-corrected chi connectivity index (χ3v) is 4.58. The molecule has 0 aliphatic heterocycles. The van der Waals surface area contributed by atoms with Gasteiger partial charge < -0.3 is 14.0 Å². The number of aromatic nitrogens is 2. The third-order valence-electron chi connectivity index (χ3n) is 4.58. The highest BCUT2D eigenvalue weighted by Crippen LogP contribution is 2.33. The van der Waals surface area contributed by atoms with Crippen LogP contribution >= 0.6 is 0 Å². The van der Waals surface area contributed by atoms with E-state index in [0.29, 0.717) is 23.6 Å². The molecule has 0 spiro atoms. The summed E-state index contributed by atoms with van der Waals surface area (Å²) in [6.45, 7) is 0.386. The number of halogens is 1. The fourth-order valence-corrected chi connectivity index (χ4v) is 3.23. The van der Waals surface area contributed by atoms with Gasteiger partial charge in [0.25, 0.3) is 0 Å². The summed E-state index contributed by atoms with van der Waals surface area (Å²) in [6, 6.07) is 20.3. The lowest BCUT2D eigenvalue weighted by Crippen LogP contribution is -2.04. The van der Waals surface area contributed by atoms with E-state index in [0.717, 1.165) is 22.4 Å². The molecule has 0 N–H and O–H groups in total. The average molecular weight is 362 g/mol. The van der Waals surface area contributed by atoms with Gasteiger partial charge in [-0.3, -0.25) is 0 Å². The van der Waals surface area contributed by atoms with Crippen LogP contribution in [0.1, 0.15) is 5.56 Å². The summed E-state index contributed by atoms with van der Waals surface area (Å²) in [5.41, 5.74) is 3.30. The van der Waals surface area contributed by atoms with Crippen molar-refractivity contribution in [1.29, 1.82) is 0 Å². The number of para-hydroxylation sites is 2. The Morgan fingerprint density at radius 2 is 1.63 bits per heavy atom. The van der Waals surface area contributed by atoms with E-state index in [-0.39, 0.29) is 5.82 Å². The second kappa shape index (κ2) is 7.11. The van der Waals surface area contributed by atoms with Crippen molar-refractivity contribution in [2.24, 2.45) is 0 Å². The predicted molar refractivity (Wildman–Crippen MR) is 104 cm³/mol. The summed E-state index contributed by atoms with van der Waals surface area (Å²) in [5.74, 6) is 1.80. The van der Waals surface area contributed by atoms with Gasteiger partial charge in [0.2, 0.25) is 0 Å². The summed E-state index contributed by atoms with van der Waals surface area (Å²) in [6.07, 6.45) is 0. The van der Waals surface area contributed by atoms with Crippen molar-refractivity contribution in [3.63, 3.8) is 0 Å². The van der Waals surface area contributed by atoms with E-state index >= 15 is 0 Å². The number of fused-ring (bicyclic) bond motifs is 1. The summed E-state index contributed by atoms with van der Waals surface area (Å²) in [4.78, 5) is 4.78. The third kappa shape index (κ3) is 3.12. The van der Waals surface area contributed by atoms with E-state index < -0.39 is 0 Å². The van der Waals surface area contributed by atoms with Crippen LogP contribution in [-0.4, -0.2) is 23.8 Å². The molecule has 136 valence electrons. The number of nitrogens with zero attached hydrogens (tertiary/aromatic N) is 2. The number of benzene rings is 3. The predicted octanol–water partition coefficient (Wildman–Crippen LogP) is 4.91. The Hall–Kier alpha value is -3.34. The topological polar surface area (TPSA) is 36.3 Å². The molecule has 0 bridgehead atoms. The van der Waals surface area contributed by atoms with Gasteiger partial charge in [-0.1, -0.05) is 30.3 Å². The monoisotopic (exact) mass is 362 g/mol. The molecule has 27 heavy (non-hydrogen) atoms. The van der Waals surface area contributed by atoms with Crippen LogP contribution in [-0.2, 0) is 6.54 Å². The number of rotatable bonds is 5. The molecule has 0 atom stereocenters. The van der Waals surface area contributed by atoms with Crippen LogP contribution in [0, 0.1) is 5.82 Å². The molecular weight excluding hydrogens is 343 g/mol. The van der Waals surface area contributed by atoms with Crippen LogP contribution in [0.15, 0.2) is 66.7 Å². The van der Waals surface area contributed by atoms with Crippen LogP contribution in [0.4, 0.5) is 4.39 Å². The van der Waals surface area contributed by atoms with Gasteiger partial charge in [-0.25, -0.2) is 9.37 Å². The lowest BCUT2D eigenvalue weighted by molar-refractivity contribution is 0.355. The molecule has 4 aromatic rings. The van der Waals surface area contributed by atoms with Gasteiger partial charge in [0.05, 0.1) is 31.8 Å². The van der Waals surface area contributed by atoms with Crippen molar-refractivity contribution in [1.82, 2.24) is 9.55 Å². The van der Waals surface area contributed by atoms with Gasteiger partial charge in [0.1, 0.15) is 11.6 Å². The van der Waals surface area contributed by atoms with E-state index in [1.165, 1.54) is 6.07 Å². The highest BCUT2D eigenvalue weighted by molar-refractivity contribution is 5.81. The molecule has 0 saturated heterocycles. The molecular formula is C22H19FN2O2. The highest BCUT2D eigenvalue weighted by Gasteiger charge is 2.16. The van der Waals surface area contributed by atoms with E-state index in [1.54, 1.807) is 26.4 Å². The molecule has 4 nitrogen and oxygen atoms in total. The first-order valence-corrected chi connectivity index (χ1v) is 8.62. The SMILES string of the molecule is COc1ccc(-c2nc3ccccc3n2Cc2ccccc2F)cc1OC. The first-order chi connectivity index (χ1) is 13.2. The average Bonchev–Trinajstić information content (AvgIpc) is 3.07. The second-order valence-electron chi connectivity index (χ2n) is 6.17. The first kappa shape index (κ1) is 17.1. The molecule has 0 saturated carbocycles. The number of imidazole rings is 1. The molecule has 3 aromatic carbocycles. The maximum absolute atomic E-state index is 14.3. The van der Waals surface area contributed by atoms with E-state index in [1.807, 2.05) is 53.1 Å². The van der Waals surface area contributed by atoms with E-state index in [2.05, 4.69) is 0 Å². The van der Waals surface area contributed by atoms with Gasteiger partial charge in [0, 0.05) is 11.1 Å². The molecule has 0 radical (unpaired) electrons. The van der Waals surface area contributed by atoms with Crippen molar-refractivity contribution >= 4 is 11.0 Å². The minimum absolute atomic E-state index is 0.228. The van der Waals surface area contributed by atoms with Gasteiger partial charge in [-0.2, -0.15) is 0 Å². The summed E-state index contributed by atoms with van der Waals surface area (Å²) >= 11 is 0. The van der Waals surface area contributed by atoms with Crippen LogP contribution in [0.3, 0.4) is 0 Å². The normalized spacial score (nSPS) is 10.9. The standard InChI is InChI=1S/C22H19FN2O2/c1-26-20-12-11-15(13-21(20)27-2)22-24-18-9-5-6-10-19(18)25(22)14-16-7-3-4-8-17(16)23/h3-13H,14H2,1-2H3. The zero-order chi connectivity index (χ0) is 18.8. The smallest absolute Gasteiger partial charge is 0.161 e. The molecule has 5 heteroatoms.